The molecule has 5 nitrogen and oxygen atoms in total. The van der Waals surface area contributed by atoms with Gasteiger partial charge in [0, 0.05) is 50.9 Å². The van der Waals surface area contributed by atoms with E-state index in [-0.39, 0.29) is 16.6 Å². The van der Waals surface area contributed by atoms with E-state index in [2.05, 4.69) is 74.6 Å². The minimum Gasteiger partial charge on any atom is -0.381 e. The SMILES string of the molecule is CCC(C)(C)COCCCSCCNC(C)(C)CCC(C)(C)COCCCOCCCOC(C)(C)C. The van der Waals surface area contributed by atoms with Crippen molar-refractivity contribution in [3.63, 3.8) is 0 Å². The Hall–Kier alpha value is 0.150. The molecule has 0 atom stereocenters. The van der Waals surface area contributed by atoms with Gasteiger partial charge in [0.05, 0.1) is 18.8 Å². The third-order valence-electron chi connectivity index (χ3n) is 6.34. The van der Waals surface area contributed by atoms with Crippen LogP contribution in [0.1, 0.15) is 108 Å². The molecule has 0 spiro atoms. The number of rotatable bonds is 24. The molecule has 0 saturated heterocycles. The Bertz CT molecular complexity index is 518. The van der Waals surface area contributed by atoms with Gasteiger partial charge in [-0.1, -0.05) is 34.6 Å². The molecule has 0 bridgehead atoms. The maximum atomic E-state index is 5.98. The monoisotopic (exact) mass is 533 g/mol. The molecule has 218 valence electrons. The topological polar surface area (TPSA) is 49.0 Å². The zero-order valence-electron chi connectivity index (χ0n) is 25.9. The van der Waals surface area contributed by atoms with Gasteiger partial charge in [0.25, 0.3) is 0 Å². The lowest BCUT2D eigenvalue weighted by Crippen LogP contribution is -2.41. The predicted molar refractivity (Wildman–Crippen MR) is 159 cm³/mol. The first kappa shape index (κ1) is 36.1. The molecule has 0 aliphatic carbocycles. The lowest BCUT2D eigenvalue weighted by molar-refractivity contribution is -0.0158. The predicted octanol–water partition coefficient (Wildman–Crippen LogP) is 7.37. The molecule has 36 heavy (non-hydrogen) atoms. The van der Waals surface area contributed by atoms with Crippen molar-refractivity contribution < 1.29 is 18.9 Å². The van der Waals surface area contributed by atoms with Crippen molar-refractivity contribution in [3.8, 4) is 0 Å². The molecule has 0 aromatic carbocycles. The zero-order chi connectivity index (χ0) is 27.6. The van der Waals surface area contributed by atoms with Gasteiger partial charge in [0.15, 0.2) is 0 Å². The first-order valence-electron chi connectivity index (χ1n) is 14.4. The Morgan fingerprint density at radius 2 is 1.17 bits per heavy atom. The van der Waals surface area contributed by atoms with Crippen LogP contribution in [0, 0.1) is 10.8 Å². The van der Waals surface area contributed by atoms with Crippen molar-refractivity contribution in [1.29, 1.82) is 0 Å². The molecule has 0 fully saturated rings. The Morgan fingerprint density at radius 1 is 0.611 bits per heavy atom. The van der Waals surface area contributed by atoms with Gasteiger partial charge >= 0.3 is 0 Å². The van der Waals surface area contributed by atoms with Crippen LogP contribution in [0.5, 0.6) is 0 Å². The highest BCUT2D eigenvalue weighted by Gasteiger charge is 2.24. The molecule has 0 rings (SSSR count). The summed E-state index contributed by atoms with van der Waals surface area (Å²) in [5.74, 6) is 2.33. The van der Waals surface area contributed by atoms with Crippen molar-refractivity contribution in [2.24, 2.45) is 10.8 Å². The first-order valence-corrected chi connectivity index (χ1v) is 15.5. The Labute approximate surface area is 229 Å². The number of hydrogen-bond donors (Lipinski definition) is 1. The van der Waals surface area contributed by atoms with Crippen LogP contribution in [0.25, 0.3) is 0 Å². The molecule has 0 aromatic rings. The summed E-state index contributed by atoms with van der Waals surface area (Å²) in [6.45, 7) is 28.9. The molecule has 0 heterocycles. The second-order valence-corrected chi connectivity index (χ2v) is 14.6. The molecule has 0 saturated carbocycles. The van der Waals surface area contributed by atoms with Crippen molar-refractivity contribution in [1.82, 2.24) is 5.32 Å². The third kappa shape index (κ3) is 24.5. The minimum absolute atomic E-state index is 0.0632. The van der Waals surface area contributed by atoms with Crippen LogP contribution in [-0.4, -0.2) is 75.4 Å². The van der Waals surface area contributed by atoms with Crippen molar-refractivity contribution in [2.75, 3.05) is 64.3 Å². The second-order valence-electron chi connectivity index (χ2n) is 13.3. The van der Waals surface area contributed by atoms with E-state index in [0.29, 0.717) is 5.41 Å². The van der Waals surface area contributed by atoms with E-state index in [9.17, 15) is 0 Å². The number of thioether (sulfide) groups is 1. The van der Waals surface area contributed by atoms with Crippen LogP contribution in [-0.2, 0) is 18.9 Å². The van der Waals surface area contributed by atoms with Crippen LogP contribution < -0.4 is 5.32 Å². The van der Waals surface area contributed by atoms with E-state index in [1.54, 1.807) is 0 Å². The molecule has 1 N–H and O–H groups in total. The summed E-state index contributed by atoms with van der Waals surface area (Å²) < 4.78 is 23.2. The molecular formula is C30H63NO4S. The van der Waals surface area contributed by atoms with E-state index in [1.165, 1.54) is 5.75 Å². The molecule has 0 aromatic heterocycles. The van der Waals surface area contributed by atoms with Crippen molar-refractivity contribution in [2.45, 2.75) is 119 Å². The van der Waals surface area contributed by atoms with Crippen LogP contribution in [0.4, 0.5) is 0 Å². The fourth-order valence-corrected chi connectivity index (χ4v) is 4.11. The second kappa shape index (κ2) is 19.2. The van der Waals surface area contributed by atoms with E-state index in [1.807, 2.05) is 11.8 Å². The van der Waals surface area contributed by atoms with Crippen molar-refractivity contribution >= 4 is 11.8 Å². The van der Waals surface area contributed by atoms with Gasteiger partial charge in [-0.15, -0.1) is 0 Å². The summed E-state index contributed by atoms with van der Waals surface area (Å²) in [5.41, 5.74) is 0.578. The maximum Gasteiger partial charge on any atom is 0.0598 e. The van der Waals surface area contributed by atoms with E-state index in [4.69, 9.17) is 18.9 Å². The standard InChI is InChI=1S/C30H63NO4S/c1-11-28(5,6)25-34-21-14-23-36-24-17-31-30(9,10)16-15-29(7,8)26-33-20-12-18-32-19-13-22-35-27(2,3)4/h31H,11-26H2,1-10H3. The first-order chi connectivity index (χ1) is 16.7. The highest BCUT2D eigenvalue weighted by atomic mass is 32.2. The molecule has 0 unspecified atom stereocenters. The number of hydrogen-bond acceptors (Lipinski definition) is 6. The van der Waals surface area contributed by atoms with Gasteiger partial charge in [-0.25, -0.2) is 0 Å². The Morgan fingerprint density at radius 3 is 1.78 bits per heavy atom. The van der Waals surface area contributed by atoms with Gasteiger partial charge in [-0.2, -0.15) is 11.8 Å². The number of ether oxygens (including phenoxy) is 4. The van der Waals surface area contributed by atoms with E-state index >= 15 is 0 Å². The lowest BCUT2D eigenvalue weighted by Gasteiger charge is -2.32. The fraction of sp³-hybridized carbons (Fsp3) is 1.00. The van der Waals surface area contributed by atoms with E-state index in [0.717, 1.165) is 97.1 Å². The summed E-state index contributed by atoms with van der Waals surface area (Å²) in [7, 11) is 0. The summed E-state index contributed by atoms with van der Waals surface area (Å²) in [6.07, 6.45) is 6.49. The zero-order valence-corrected chi connectivity index (χ0v) is 26.7. The smallest absolute Gasteiger partial charge is 0.0598 e. The van der Waals surface area contributed by atoms with Crippen LogP contribution in [0.2, 0.25) is 0 Å². The van der Waals surface area contributed by atoms with Gasteiger partial charge in [-0.05, 0) is 89.7 Å². The largest absolute Gasteiger partial charge is 0.381 e. The third-order valence-corrected chi connectivity index (χ3v) is 7.41. The summed E-state index contributed by atoms with van der Waals surface area (Å²) in [6, 6.07) is 0. The quantitative estimate of drug-likeness (QED) is 0.131. The summed E-state index contributed by atoms with van der Waals surface area (Å²) in [4.78, 5) is 0. The normalized spacial score (nSPS) is 13.5. The lowest BCUT2D eigenvalue weighted by atomic mass is 9.83. The summed E-state index contributed by atoms with van der Waals surface area (Å²) in [5, 5.41) is 3.76. The molecule has 0 amide bonds. The molecule has 0 radical (unpaired) electrons. The Kier molecular flexibility index (Phi) is 19.3. The highest BCUT2D eigenvalue weighted by Crippen LogP contribution is 2.27. The van der Waals surface area contributed by atoms with E-state index < -0.39 is 0 Å². The summed E-state index contributed by atoms with van der Waals surface area (Å²) >= 11 is 2.03. The van der Waals surface area contributed by atoms with Gasteiger partial charge in [0.2, 0.25) is 0 Å². The highest BCUT2D eigenvalue weighted by molar-refractivity contribution is 7.99. The average molecular weight is 534 g/mol. The van der Waals surface area contributed by atoms with Crippen LogP contribution in [0.15, 0.2) is 0 Å². The van der Waals surface area contributed by atoms with Gasteiger partial charge in [0.1, 0.15) is 0 Å². The Balaban J connectivity index is 3.70. The van der Waals surface area contributed by atoms with Gasteiger partial charge < -0.3 is 24.3 Å². The van der Waals surface area contributed by atoms with Crippen LogP contribution >= 0.6 is 11.8 Å². The molecule has 0 aliphatic rings. The number of nitrogens with one attached hydrogen (secondary N) is 1. The molecular weight excluding hydrogens is 470 g/mol. The molecule has 0 aliphatic heterocycles. The van der Waals surface area contributed by atoms with Crippen molar-refractivity contribution in [3.05, 3.63) is 0 Å². The molecule has 6 heteroatoms. The van der Waals surface area contributed by atoms with Crippen LogP contribution in [0.3, 0.4) is 0 Å². The fourth-order valence-electron chi connectivity index (χ4n) is 3.34. The minimum atomic E-state index is -0.0632. The average Bonchev–Trinajstić information content (AvgIpc) is 2.77. The maximum absolute atomic E-state index is 5.98. The van der Waals surface area contributed by atoms with Gasteiger partial charge in [-0.3, -0.25) is 0 Å².